The van der Waals surface area contributed by atoms with Gasteiger partial charge >= 0.3 is 5.97 Å². The molecule has 1 aliphatic carbocycles. The molecule has 1 atom stereocenters. The lowest BCUT2D eigenvalue weighted by Crippen LogP contribution is -2.38. The first-order valence-corrected chi connectivity index (χ1v) is 10.6. The molecular formula is C20H28N2O4S. The summed E-state index contributed by atoms with van der Waals surface area (Å²) in [4.78, 5) is 34.9. The SMILES string of the molecule is CC(CC(=O)Nc1cccc(CSCCC(=O)O)c1)NC(=O)C1CCCC1. The van der Waals surface area contributed by atoms with Crippen LogP contribution < -0.4 is 10.6 Å². The third kappa shape index (κ3) is 8.03. The number of carboxylic acid groups (broad SMARTS) is 1. The number of thioether (sulfide) groups is 1. The Labute approximate surface area is 164 Å². The summed E-state index contributed by atoms with van der Waals surface area (Å²) in [5, 5.41) is 14.5. The molecule has 0 aromatic heterocycles. The van der Waals surface area contributed by atoms with Crippen LogP contribution in [-0.2, 0) is 20.1 Å². The first kappa shape index (κ1) is 21.3. The van der Waals surface area contributed by atoms with Gasteiger partial charge in [0.05, 0.1) is 6.42 Å². The van der Waals surface area contributed by atoms with Crippen LogP contribution in [0.1, 0.15) is 51.0 Å². The van der Waals surface area contributed by atoms with Crippen molar-refractivity contribution in [2.45, 2.75) is 57.2 Å². The zero-order valence-electron chi connectivity index (χ0n) is 15.7. The third-order valence-corrected chi connectivity index (χ3v) is 5.58. The molecule has 3 N–H and O–H groups in total. The van der Waals surface area contributed by atoms with Gasteiger partial charge in [-0.05, 0) is 37.5 Å². The molecule has 1 unspecified atom stereocenters. The van der Waals surface area contributed by atoms with Crippen LogP contribution in [0.15, 0.2) is 24.3 Å². The number of nitrogens with one attached hydrogen (secondary N) is 2. The normalized spacial score (nSPS) is 15.3. The Morgan fingerprint density at radius 3 is 2.70 bits per heavy atom. The third-order valence-electron chi connectivity index (χ3n) is 4.55. The summed E-state index contributed by atoms with van der Waals surface area (Å²) < 4.78 is 0. The van der Waals surface area contributed by atoms with E-state index in [1.807, 2.05) is 31.2 Å². The standard InChI is InChI=1S/C20H28N2O4S/c1-14(21-20(26)16-6-2-3-7-16)11-18(23)22-17-8-4-5-15(12-17)13-27-10-9-19(24)25/h4-5,8,12,14,16H,2-3,6-7,9-11,13H2,1H3,(H,21,26)(H,22,23)(H,24,25). The van der Waals surface area contributed by atoms with Gasteiger partial charge in [0.1, 0.15) is 0 Å². The molecule has 1 aromatic carbocycles. The maximum Gasteiger partial charge on any atom is 0.304 e. The zero-order chi connectivity index (χ0) is 19.6. The van der Waals surface area contributed by atoms with Crippen molar-refractivity contribution in [1.29, 1.82) is 0 Å². The van der Waals surface area contributed by atoms with Crippen LogP contribution in [0.5, 0.6) is 0 Å². The highest BCUT2D eigenvalue weighted by Crippen LogP contribution is 2.24. The van der Waals surface area contributed by atoms with E-state index >= 15 is 0 Å². The average molecular weight is 393 g/mol. The average Bonchev–Trinajstić information content (AvgIpc) is 3.13. The Morgan fingerprint density at radius 1 is 1.26 bits per heavy atom. The summed E-state index contributed by atoms with van der Waals surface area (Å²) in [5.41, 5.74) is 1.75. The quantitative estimate of drug-likeness (QED) is 0.530. The Balaban J connectivity index is 1.74. The number of rotatable bonds is 10. The van der Waals surface area contributed by atoms with Crippen LogP contribution in [0.2, 0.25) is 0 Å². The fraction of sp³-hybridized carbons (Fsp3) is 0.550. The van der Waals surface area contributed by atoms with Gasteiger partial charge in [-0.25, -0.2) is 0 Å². The van der Waals surface area contributed by atoms with Gasteiger partial charge in [0, 0.05) is 35.6 Å². The minimum Gasteiger partial charge on any atom is -0.481 e. The topological polar surface area (TPSA) is 95.5 Å². The Bertz CT molecular complexity index is 659. The number of amides is 2. The minimum absolute atomic E-state index is 0.0631. The summed E-state index contributed by atoms with van der Waals surface area (Å²) in [6.45, 7) is 1.85. The van der Waals surface area contributed by atoms with Gasteiger partial charge in [0.2, 0.25) is 11.8 Å². The van der Waals surface area contributed by atoms with E-state index in [4.69, 9.17) is 5.11 Å². The molecule has 0 spiro atoms. The fourth-order valence-corrected chi connectivity index (χ4v) is 4.06. The molecule has 6 nitrogen and oxygen atoms in total. The molecule has 0 aliphatic heterocycles. The van der Waals surface area contributed by atoms with E-state index in [9.17, 15) is 14.4 Å². The highest BCUT2D eigenvalue weighted by molar-refractivity contribution is 7.98. The highest BCUT2D eigenvalue weighted by Gasteiger charge is 2.24. The number of carboxylic acids is 1. The van der Waals surface area contributed by atoms with E-state index in [1.165, 1.54) is 0 Å². The molecule has 2 amide bonds. The largest absolute Gasteiger partial charge is 0.481 e. The number of anilines is 1. The molecular weight excluding hydrogens is 364 g/mol. The lowest BCUT2D eigenvalue weighted by Gasteiger charge is -2.17. The van der Waals surface area contributed by atoms with Crippen molar-refractivity contribution in [3.63, 3.8) is 0 Å². The van der Waals surface area contributed by atoms with Crippen molar-refractivity contribution in [2.75, 3.05) is 11.1 Å². The van der Waals surface area contributed by atoms with Crippen molar-refractivity contribution >= 4 is 35.2 Å². The second-order valence-electron chi connectivity index (χ2n) is 7.04. The minimum atomic E-state index is -0.794. The Hall–Kier alpha value is -2.02. The van der Waals surface area contributed by atoms with Crippen LogP contribution in [0.25, 0.3) is 0 Å². The second kappa shape index (κ2) is 11.0. The van der Waals surface area contributed by atoms with E-state index in [2.05, 4.69) is 10.6 Å². The summed E-state index contributed by atoms with van der Waals surface area (Å²) in [5.74, 6) is 0.496. The summed E-state index contributed by atoms with van der Waals surface area (Å²) in [6.07, 6.45) is 4.49. The van der Waals surface area contributed by atoms with Gasteiger partial charge in [-0.2, -0.15) is 11.8 Å². The molecule has 2 rings (SSSR count). The van der Waals surface area contributed by atoms with Crippen LogP contribution >= 0.6 is 11.8 Å². The number of hydrogen-bond donors (Lipinski definition) is 3. The van der Waals surface area contributed by atoms with Crippen LogP contribution in [0, 0.1) is 5.92 Å². The first-order chi connectivity index (χ1) is 12.9. The van der Waals surface area contributed by atoms with E-state index in [-0.39, 0.29) is 36.6 Å². The van der Waals surface area contributed by atoms with Gasteiger partial charge < -0.3 is 15.7 Å². The van der Waals surface area contributed by atoms with Crippen LogP contribution in [0.3, 0.4) is 0 Å². The molecule has 7 heteroatoms. The lowest BCUT2D eigenvalue weighted by atomic mass is 10.1. The zero-order valence-corrected chi connectivity index (χ0v) is 16.5. The molecule has 148 valence electrons. The van der Waals surface area contributed by atoms with Gasteiger partial charge in [0.15, 0.2) is 0 Å². The molecule has 1 fully saturated rings. The maximum atomic E-state index is 12.2. The van der Waals surface area contributed by atoms with E-state index in [0.29, 0.717) is 17.2 Å². The molecule has 0 saturated heterocycles. The second-order valence-corrected chi connectivity index (χ2v) is 8.15. The van der Waals surface area contributed by atoms with Crippen LogP contribution in [-0.4, -0.2) is 34.7 Å². The van der Waals surface area contributed by atoms with Gasteiger partial charge in [0.25, 0.3) is 0 Å². The molecule has 0 radical (unpaired) electrons. The molecule has 0 bridgehead atoms. The first-order valence-electron chi connectivity index (χ1n) is 9.42. The van der Waals surface area contributed by atoms with Crippen molar-refractivity contribution in [3.8, 4) is 0 Å². The van der Waals surface area contributed by atoms with Crippen LogP contribution in [0.4, 0.5) is 5.69 Å². The van der Waals surface area contributed by atoms with Gasteiger partial charge in [-0.3, -0.25) is 14.4 Å². The predicted molar refractivity (Wildman–Crippen MR) is 108 cm³/mol. The van der Waals surface area contributed by atoms with E-state index in [1.54, 1.807) is 11.8 Å². The Kier molecular flexibility index (Phi) is 8.64. The molecule has 1 aromatic rings. The number of hydrogen-bond acceptors (Lipinski definition) is 4. The van der Waals surface area contributed by atoms with Crippen molar-refractivity contribution in [1.82, 2.24) is 5.32 Å². The molecule has 0 heterocycles. The number of carbonyl (C=O) groups is 3. The van der Waals surface area contributed by atoms with Gasteiger partial charge in [-0.15, -0.1) is 0 Å². The number of aliphatic carboxylic acids is 1. The summed E-state index contributed by atoms with van der Waals surface area (Å²) in [7, 11) is 0. The van der Waals surface area contributed by atoms with Crippen molar-refractivity contribution < 1.29 is 19.5 Å². The van der Waals surface area contributed by atoms with Crippen molar-refractivity contribution in [2.24, 2.45) is 5.92 Å². The predicted octanol–water partition coefficient (Wildman–Crippen LogP) is 3.42. The highest BCUT2D eigenvalue weighted by atomic mass is 32.2. The number of carbonyl (C=O) groups excluding carboxylic acids is 2. The Morgan fingerprint density at radius 2 is 2.00 bits per heavy atom. The monoisotopic (exact) mass is 392 g/mol. The fourth-order valence-electron chi connectivity index (χ4n) is 3.18. The van der Waals surface area contributed by atoms with E-state index < -0.39 is 5.97 Å². The molecule has 1 aliphatic rings. The molecule has 1 saturated carbocycles. The summed E-state index contributed by atoms with van der Waals surface area (Å²) in [6, 6.07) is 7.34. The summed E-state index contributed by atoms with van der Waals surface area (Å²) >= 11 is 1.55. The van der Waals surface area contributed by atoms with E-state index in [0.717, 1.165) is 31.2 Å². The smallest absolute Gasteiger partial charge is 0.304 e. The number of benzene rings is 1. The lowest BCUT2D eigenvalue weighted by molar-refractivity contribution is -0.136. The van der Waals surface area contributed by atoms with Crippen molar-refractivity contribution in [3.05, 3.63) is 29.8 Å². The molecule has 27 heavy (non-hydrogen) atoms. The van der Waals surface area contributed by atoms with Gasteiger partial charge in [-0.1, -0.05) is 25.0 Å². The maximum absolute atomic E-state index is 12.2.